The first kappa shape index (κ1) is 20.6. The van der Waals surface area contributed by atoms with E-state index in [0.29, 0.717) is 5.57 Å². The van der Waals surface area contributed by atoms with Crippen LogP contribution in [0, 0.1) is 0 Å². The minimum atomic E-state index is -1.36. The third-order valence-electron chi connectivity index (χ3n) is 3.17. The standard InChI is InChI=1S/C16H22O9/c1-7(2)12-13(21-8(3)17)14(22-9(4)18)15(23-10(5)19)16(25-12)24-11(6)20/h12-16H,1H2,2-6H3/t12-,13+,14+,15+,16?/m0/s1. The van der Waals surface area contributed by atoms with Gasteiger partial charge in [-0.1, -0.05) is 6.58 Å². The van der Waals surface area contributed by atoms with Crippen LogP contribution in [-0.2, 0) is 42.9 Å². The van der Waals surface area contributed by atoms with Gasteiger partial charge in [-0.15, -0.1) is 0 Å². The van der Waals surface area contributed by atoms with Gasteiger partial charge in [-0.3, -0.25) is 19.2 Å². The van der Waals surface area contributed by atoms with Gasteiger partial charge in [0.05, 0.1) is 0 Å². The Morgan fingerprint density at radius 3 is 1.48 bits per heavy atom. The van der Waals surface area contributed by atoms with Gasteiger partial charge in [-0.05, 0) is 12.5 Å². The van der Waals surface area contributed by atoms with E-state index in [1.807, 2.05) is 0 Å². The van der Waals surface area contributed by atoms with Crippen molar-refractivity contribution in [3.05, 3.63) is 12.2 Å². The molecule has 0 N–H and O–H groups in total. The zero-order valence-electron chi connectivity index (χ0n) is 14.8. The molecule has 25 heavy (non-hydrogen) atoms. The Labute approximate surface area is 145 Å². The summed E-state index contributed by atoms with van der Waals surface area (Å²) >= 11 is 0. The van der Waals surface area contributed by atoms with E-state index in [1.165, 1.54) is 6.92 Å². The van der Waals surface area contributed by atoms with Crippen molar-refractivity contribution in [1.29, 1.82) is 0 Å². The van der Waals surface area contributed by atoms with E-state index >= 15 is 0 Å². The summed E-state index contributed by atoms with van der Waals surface area (Å²) in [6, 6.07) is 0. The third kappa shape index (κ3) is 5.86. The highest BCUT2D eigenvalue weighted by Gasteiger charge is 2.53. The van der Waals surface area contributed by atoms with Crippen LogP contribution in [0.2, 0.25) is 0 Å². The molecule has 9 nitrogen and oxygen atoms in total. The van der Waals surface area contributed by atoms with Gasteiger partial charge < -0.3 is 23.7 Å². The highest BCUT2D eigenvalue weighted by atomic mass is 16.7. The zero-order valence-corrected chi connectivity index (χ0v) is 14.8. The summed E-state index contributed by atoms with van der Waals surface area (Å²) < 4.78 is 26.2. The molecule has 0 radical (unpaired) electrons. The Balaban J connectivity index is 3.33. The summed E-state index contributed by atoms with van der Waals surface area (Å²) in [5.41, 5.74) is 0.432. The molecule has 0 aromatic carbocycles. The molecule has 0 bridgehead atoms. The van der Waals surface area contributed by atoms with Crippen molar-refractivity contribution in [1.82, 2.24) is 0 Å². The molecule has 1 saturated heterocycles. The maximum Gasteiger partial charge on any atom is 0.305 e. The second kappa shape index (κ2) is 8.61. The molecular formula is C16H22O9. The normalized spacial score (nSPS) is 28.4. The summed E-state index contributed by atoms with van der Waals surface area (Å²) in [4.78, 5) is 45.7. The second-order valence-corrected chi connectivity index (χ2v) is 5.60. The second-order valence-electron chi connectivity index (χ2n) is 5.60. The molecule has 1 fully saturated rings. The Morgan fingerprint density at radius 2 is 1.08 bits per heavy atom. The highest BCUT2D eigenvalue weighted by molar-refractivity contribution is 5.69. The highest BCUT2D eigenvalue weighted by Crippen LogP contribution is 2.32. The molecule has 9 heteroatoms. The van der Waals surface area contributed by atoms with Crippen LogP contribution in [0.5, 0.6) is 0 Å². The number of carbonyl (C=O) groups excluding carboxylic acids is 4. The van der Waals surface area contributed by atoms with E-state index in [4.69, 9.17) is 23.7 Å². The van der Waals surface area contributed by atoms with E-state index in [-0.39, 0.29) is 0 Å². The minimum absolute atomic E-state index is 0.432. The first-order valence-electron chi connectivity index (χ1n) is 7.52. The smallest absolute Gasteiger partial charge is 0.305 e. The van der Waals surface area contributed by atoms with E-state index < -0.39 is 54.6 Å². The van der Waals surface area contributed by atoms with Crippen molar-refractivity contribution >= 4 is 23.9 Å². The van der Waals surface area contributed by atoms with Crippen LogP contribution in [0.25, 0.3) is 0 Å². The Bertz CT molecular complexity index is 568. The fraction of sp³-hybridized carbons (Fsp3) is 0.625. The Kier molecular flexibility index (Phi) is 7.10. The summed E-state index contributed by atoms with van der Waals surface area (Å²) in [6.07, 6.45) is -5.99. The first-order chi connectivity index (χ1) is 11.5. The number of rotatable bonds is 5. The molecule has 0 aliphatic carbocycles. The Hall–Kier alpha value is -2.42. The van der Waals surface area contributed by atoms with Gasteiger partial charge in [0.25, 0.3) is 0 Å². The van der Waals surface area contributed by atoms with E-state index in [1.54, 1.807) is 6.92 Å². The van der Waals surface area contributed by atoms with Crippen LogP contribution in [0.1, 0.15) is 34.6 Å². The lowest BCUT2D eigenvalue weighted by Gasteiger charge is -2.44. The average molecular weight is 358 g/mol. The van der Waals surface area contributed by atoms with Gasteiger partial charge in [-0.25, -0.2) is 0 Å². The SMILES string of the molecule is C=C(C)[C@@H]1OC(OC(C)=O)[C@H](OC(C)=O)[C@H](OC(C)=O)[C@@H]1OC(C)=O. The maximum atomic E-state index is 11.5. The minimum Gasteiger partial charge on any atom is -0.455 e. The lowest BCUT2D eigenvalue weighted by Crippen LogP contribution is -2.62. The predicted octanol–water partition coefficient (Wildman–Crippen LogP) is 0.646. The van der Waals surface area contributed by atoms with E-state index in [2.05, 4.69) is 6.58 Å². The summed E-state index contributed by atoms with van der Waals surface area (Å²) in [5.74, 6) is -2.79. The quantitative estimate of drug-likeness (QED) is 0.397. The monoisotopic (exact) mass is 358 g/mol. The molecule has 5 atom stereocenters. The van der Waals surface area contributed by atoms with E-state index in [0.717, 1.165) is 20.8 Å². The molecular weight excluding hydrogens is 336 g/mol. The number of ether oxygens (including phenoxy) is 5. The van der Waals surface area contributed by atoms with Gasteiger partial charge in [0, 0.05) is 27.7 Å². The molecule has 1 rings (SSSR count). The van der Waals surface area contributed by atoms with Crippen LogP contribution in [0.4, 0.5) is 0 Å². The topological polar surface area (TPSA) is 114 Å². The maximum absolute atomic E-state index is 11.5. The fourth-order valence-corrected chi connectivity index (χ4v) is 2.43. The van der Waals surface area contributed by atoms with Gasteiger partial charge in [0.1, 0.15) is 6.10 Å². The van der Waals surface area contributed by atoms with Crippen molar-refractivity contribution in [3.8, 4) is 0 Å². The zero-order chi connectivity index (χ0) is 19.3. The van der Waals surface area contributed by atoms with Crippen LogP contribution in [0.15, 0.2) is 12.2 Å². The van der Waals surface area contributed by atoms with Crippen molar-refractivity contribution in [2.24, 2.45) is 0 Å². The van der Waals surface area contributed by atoms with Crippen LogP contribution in [0.3, 0.4) is 0 Å². The largest absolute Gasteiger partial charge is 0.455 e. The van der Waals surface area contributed by atoms with Crippen molar-refractivity contribution in [3.63, 3.8) is 0 Å². The van der Waals surface area contributed by atoms with Gasteiger partial charge in [0.15, 0.2) is 12.2 Å². The number of carbonyl (C=O) groups is 4. The molecule has 0 aromatic heterocycles. The average Bonchev–Trinajstić information content (AvgIpc) is 2.42. The lowest BCUT2D eigenvalue weighted by atomic mass is 9.94. The van der Waals surface area contributed by atoms with Crippen molar-refractivity contribution in [2.75, 3.05) is 0 Å². The lowest BCUT2D eigenvalue weighted by molar-refractivity contribution is -0.289. The van der Waals surface area contributed by atoms with Crippen molar-refractivity contribution in [2.45, 2.75) is 65.3 Å². The molecule has 1 aliphatic rings. The predicted molar refractivity (Wildman–Crippen MR) is 81.9 cm³/mol. The Morgan fingerprint density at radius 1 is 0.680 bits per heavy atom. The molecule has 140 valence electrons. The third-order valence-corrected chi connectivity index (χ3v) is 3.17. The summed E-state index contributed by atoms with van der Waals surface area (Å²) in [5, 5.41) is 0. The van der Waals surface area contributed by atoms with Crippen LogP contribution < -0.4 is 0 Å². The molecule has 1 unspecified atom stereocenters. The first-order valence-corrected chi connectivity index (χ1v) is 7.52. The van der Waals surface area contributed by atoms with Gasteiger partial charge in [-0.2, -0.15) is 0 Å². The van der Waals surface area contributed by atoms with Gasteiger partial charge >= 0.3 is 23.9 Å². The van der Waals surface area contributed by atoms with Crippen LogP contribution >= 0.6 is 0 Å². The van der Waals surface area contributed by atoms with Crippen LogP contribution in [-0.4, -0.2) is 54.6 Å². The summed E-state index contributed by atoms with van der Waals surface area (Å²) in [6.45, 7) is 9.92. The van der Waals surface area contributed by atoms with Crippen molar-refractivity contribution < 1.29 is 42.9 Å². The number of hydrogen-bond acceptors (Lipinski definition) is 9. The van der Waals surface area contributed by atoms with Gasteiger partial charge in [0.2, 0.25) is 12.4 Å². The van der Waals surface area contributed by atoms with E-state index in [9.17, 15) is 19.2 Å². The molecule has 1 heterocycles. The fourth-order valence-electron chi connectivity index (χ4n) is 2.43. The number of hydrogen-bond donors (Lipinski definition) is 0. The molecule has 0 saturated carbocycles. The summed E-state index contributed by atoms with van der Waals surface area (Å²) in [7, 11) is 0. The molecule has 1 aliphatic heterocycles. The number of esters is 4. The molecule has 0 amide bonds. The molecule has 0 aromatic rings. The molecule has 0 spiro atoms.